The standard InChI is InChI=1S/C12H17NS/c1-4-5-6-7-11(13-3)12-10(2)8-9-14-12/h8-9,11,13H,6-7H2,1-3H3. The fourth-order valence-corrected chi connectivity index (χ4v) is 2.56. The van der Waals surface area contributed by atoms with E-state index in [4.69, 9.17) is 0 Å². The molecule has 0 spiro atoms. The topological polar surface area (TPSA) is 12.0 Å². The second-order valence-electron chi connectivity index (χ2n) is 3.27. The van der Waals surface area contributed by atoms with E-state index in [-0.39, 0.29) is 0 Å². The molecule has 1 rings (SSSR count). The number of thiophene rings is 1. The van der Waals surface area contributed by atoms with E-state index in [1.165, 1.54) is 10.4 Å². The minimum atomic E-state index is 0.468. The maximum absolute atomic E-state index is 3.35. The lowest BCUT2D eigenvalue weighted by molar-refractivity contribution is 0.565. The minimum absolute atomic E-state index is 0.468. The van der Waals surface area contributed by atoms with Crippen LogP contribution in [0, 0.1) is 18.8 Å². The van der Waals surface area contributed by atoms with Crippen molar-refractivity contribution < 1.29 is 0 Å². The van der Waals surface area contributed by atoms with E-state index in [1.54, 1.807) is 0 Å². The van der Waals surface area contributed by atoms with Crippen LogP contribution in [0.3, 0.4) is 0 Å². The molecule has 1 unspecified atom stereocenters. The molecule has 0 radical (unpaired) electrons. The molecule has 1 N–H and O–H groups in total. The summed E-state index contributed by atoms with van der Waals surface area (Å²) in [5.41, 5.74) is 1.39. The average Bonchev–Trinajstić information content (AvgIpc) is 2.60. The van der Waals surface area contributed by atoms with Gasteiger partial charge >= 0.3 is 0 Å². The van der Waals surface area contributed by atoms with E-state index in [2.05, 4.69) is 35.5 Å². The molecule has 0 aliphatic carbocycles. The summed E-state index contributed by atoms with van der Waals surface area (Å²) in [6, 6.07) is 2.64. The highest BCUT2D eigenvalue weighted by Crippen LogP contribution is 2.26. The maximum atomic E-state index is 3.35. The summed E-state index contributed by atoms with van der Waals surface area (Å²) in [7, 11) is 2.02. The van der Waals surface area contributed by atoms with Crippen LogP contribution in [0.1, 0.15) is 36.2 Å². The fourth-order valence-electron chi connectivity index (χ4n) is 1.49. The molecular weight excluding hydrogens is 190 g/mol. The molecule has 2 heteroatoms. The van der Waals surface area contributed by atoms with Gasteiger partial charge < -0.3 is 5.32 Å². The van der Waals surface area contributed by atoms with Crippen LogP contribution in [0.5, 0.6) is 0 Å². The Labute approximate surface area is 90.5 Å². The lowest BCUT2D eigenvalue weighted by Gasteiger charge is -2.14. The highest BCUT2D eigenvalue weighted by atomic mass is 32.1. The first-order valence-electron chi connectivity index (χ1n) is 4.90. The van der Waals surface area contributed by atoms with Crippen molar-refractivity contribution in [2.24, 2.45) is 0 Å². The molecule has 0 aliphatic rings. The monoisotopic (exact) mass is 207 g/mol. The van der Waals surface area contributed by atoms with Crippen molar-refractivity contribution in [3.8, 4) is 11.8 Å². The van der Waals surface area contributed by atoms with Crippen LogP contribution < -0.4 is 5.32 Å². The third-order valence-electron chi connectivity index (χ3n) is 2.30. The summed E-state index contributed by atoms with van der Waals surface area (Å²) in [4.78, 5) is 1.45. The van der Waals surface area contributed by atoms with E-state index in [1.807, 2.05) is 25.3 Å². The number of rotatable bonds is 4. The number of hydrogen-bond acceptors (Lipinski definition) is 2. The molecule has 0 aromatic carbocycles. The van der Waals surface area contributed by atoms with Crippen molar-refractivity contribution in [1.82, 2.24) is 5.32 Å². The Balaban J connectivity index is 2.61. The molecule has 1 heterocycles. The molecule has 0 saturated heterocycles. The number of hydrogen-bond donors (Lipinski definition) is 1. The molecular formula is C12H17NS. The zero-order valence-corrected chi connectivity index (χ0v) is 9.87. The average molecular weight is 207 g/mol. The van der Waals surface area contributed by atoms with Gasteiger partial charge in [0.05, 0.1) is 0 Å². The van der Waals surface area contributed by atoms with Gasteiger partial charge in [-0.15, -0.1) is 23.2 Å². The van der Waals surface area contributed by atoms with Gasteiger partial charge in [0.25, 0.3) is 0 Å². The normalized spacial score (nSPS) is 11.9. The maximum Gasteiger partial charge on any atom is 0.0424 e. The second kappa shape index (κ2) is 5.85. The summed E-state index contributed by atoms with van der Waals surface area (Å²) < 4.78 is 0. The van der Waals surface area contributed by atoms with Crippen LogP contribution in [0.2, 0.25) is 0 Å². The smallest absolute Gasteiger partial charge is 0.0424 e. The molecule has 0 fully saturated rings. The van der Waals surface area contributed by atoms with Crippen molar-refractivity contribution in [3.63, 3.8) is 0 Å². The Bertz CT molecular complexity index is 330. The van der Waals surface area contributed by atoms with Gasteiger partial charge in [-0.2, -0.15) is 0 Å². The van der Waals surface area contributed by atoms with E-state index in [9.17, 15) is 0 Å². The first kappa shape index (κ1) is 11.3. The summed E-state index contributed by atoms with van der Waals surface area (Å²) in [6.07, 6.45) is 2.07. The molecule has 0 aliphatic heterocycles. The van der Waals surface area contributed by atoms with Gasteiger partial charge in [-0.3, -0.25) is 0 Å². The Morgan fingerprint density at radius 3 is 2.86 bits per heavy atom. The second-order valence-corrected chi connectivity index (χ2v) is 4.22. The Morgan fingerprint density at radius 1 is 1.57 bits per heavy atom. The minimum Gasteiger partial charge on any atom is -0.312 e. The van der Waals surface area contributed by atoms with Crippen LogP contribution in [0.25, 0.3) is 0 Å². The summed E-state index contributed by atoms with van der Waals surface area (Å²) >= 11 is 1.83. The molecule has 1 aromatic heterocycles. The van der Waals surface area contributed by atoms with Crippen molar-refractivity contribution in [3.05, 3.63) is 21.9 Å². The van der Waals surface area contributed by atoms with Crippen LogP contribution >= 0.6 is 11.3 Å². The van der Waals surface area contributed by atoms with Gasteiger partial charge in [0.1, 0.15) is 0 Å². The van der Waals surface area contributed by atoms with Crippen molar-refractivity contribution in [2.75, 3.05) is 7.05 Å². The van der Waals surface area contributed by atoms with Crippen LogP contribution in [0.15, 0.2) is 11.4 Å². The van der Waals surface area contributed by atoms with Crippen molar-refractivity contribution in [2.45, 2.75) is 32.7 Å². The molecule has 1 nitrogen and oxygen atoms in total. The molecule has 14 heavy (non-hydrogen) atoms. The molecule has 0 bridgehead atoms. The number of aryl methyl sites for hydroxylation is 1. The Morgan fingerprint density at radius 2 is 2.36 bits per heavy atom. The lowest BCUT2D eigenvalue weighted by atomic mass is 10.1. The van der Waals surface area contributed by atoms with E-state index < -0.39 is 0 Å². The van der Waals surface area contributed by atoms with Gasteiger partial charge in [-0.25, -0.2) is 0 Å². The lowest BCUT2D eigenvalue weighted by Crippen LogP contribution is -2.15. The molecule has 1 atom stereocenters. The van der Waals surface area contributed by atoms with Gasteiger partial charge in [-0.1, -0.05) is 0 Å². The zero-order chi connectivity index (χ0) is 10.4. The highest BCUT2D eigenvalue weighted by molar-refractivity contribution is 7.10. The first-order chi connectivity index (χ1) is 6.79. The molecule has 76 valence electrons. The predicted octanol–water partition coefficient (Wildman–Crippen LogP) is 3.12. The van der Waals surface area contributed by atoms with Crippen molar-refractivity contribution >= 4 is 11.3 Å². The van der Waals surface area contributed by atoms with Crippen LogP contribution in [-0.2, 0) is 0 Å². The molecule has 0 saturated carbocycles. The molecule has 0 amide bonds. The highest BCUT2D eigenvalue weighted by Gasteiger charge is 2.11. The quantitative estimate of drug-likeness (QED) is 0.748. The van der Waals surface area contributed by atoms with E-state index in [0.717, 1.165) is 12.8 Å². The SMILES string of the molecule is CC#CCCC(NC)c1sccc1C. The Hall–Kier alpha value is -0.780. The van der Waals surface area contributed by atoms with Gasteiger partial charge in [0, 0.05) is 17.3 Å². The van der Waals surface area contributed by atoms with Gasteiger partial charge in [0.15, 0.2) is 0 Å². The summed E-state index contributed by atoms with van der Waals surface area (Å²) in [5, 5.41) is 5.50. The number of nitrogens with one attached hydrogen (secondary N) is 1. The van der Waals surface area contributed by atoms with Gasteiger partial charge in [0.2, 0.25) is 0 Å². The largest absolute Gasteiger partial charge is 0.312 e. The third kappa shape index (κ3) is 2.87. The van der Waals surface area contributed by atoms with Crippen molar-refractivity contribution in [1.29, 1.82) is 0 Å². The van der Waals surface area contributed by atoms with Crippen LogP contribution in [0.4, 0.5) is 0 Å². The molecule has 1 aromatic rings. The van der Waals surface area contributed by atoms with E-state index in [0.29, 0.717) is 6.04 Å². The van der Waals surface area contributed by atoms with E-state index >= 15 is 0 Å². The fraction of sp³-hybridized carbons (Fsp3) is 0.500. The Kier molecular flexibility index (Phi) is 4.72. The predicted molar refractivity (Wildman–Crippen MR) is 63.5 cm³/mol. The van der Waals surface area contributed by atoms with Crippen LogP contribution in [-0.4, -0.2) is 7.05 Å². The zero-order valence-electron chi connectivity index (χ0n) is 9.05. The summed E-state index contributed by atoms with van der Waals surface area (Å²) in [6.45, 7) is 4.06. The third-order valence-corrected chi connectivity index (χ3v) is 3.43. The summed E-state index contributed by atoms with van der Waals surface area (Å²) in [5.74, 6) is 6.04. The first-order valence-corrected chi connectivity index (χ1v) is 5.78. The van der Waals surface area contributed by atoms with Gasteiger partial charge in [-0.05, 0) is 44.3 Å².